The molecule has 5 heteroatoms. The molecular weight excluding hydrogens is 318 g/mol. The SMILES string of the molecule is O=C(N/N=C1/CC[C@@H]2CCCC[C@@H]2C1)c1cc(Br)c[nH]1. The van der Waals surface area contributed by atoms with Crippen LogP contribution in [-0.2, 0) is 0 Å². The highest BCUT2D eigenvalue weighted by Gasteiger charge is 2.30. The summed E-state index contributed by atoms with van der Waals surface area (Å²) in [6.45, 7) is 0. The molecule has 0 aliphatic heterocycles. The van der Waals surface area contributed by atoms with Crippen LogP contribution in [0.5, 0.6) is 0 Å². The lowest BCUT2D eigenvalue weighted by Crippen LogP contribution is -2.29. The van der Waals surface area contributed by atoms with Crippen molar-refractivity contribution in [1.29, 1.82) is 0 Å². The Morgan fingerprint density at radius 2 is 2.10 bits per heavy atom. The van der Waals surface area contributed by atoms with E-state index >= 15 is 0 Å². The number of amides is 1. The first kappa shape index (κ1) is 13.9. The van der Waals surface area contributed by atoms with Gasteiger partial charge in [0.25, 0.3) is 5.91 Å². The molecule has 0 aromatic carbocycles. The monoisotopic (exact) mass is 337 g/mol. The van der Waals surface area contributed by atoms with Crippen LogP contribution in [0.4, 0.5) is 0 Å². The average molecular weight is 338 g/mol. The fourth-order valence-corrected chi connectivity index (χ4v) is 3.82. The Morgan fingerprint density at radius 3 is 2.85 bits per heavy atom. The van der Waals surface area contributed by atoms with Gasteiger partial charge in [0.15, 0.2) is 0 Å². The molecular formula is C15H20BrN3O. The van der Waals surface area contributed by atoms with Gasteiger partial charge in [-0.25, -0.2) is 5.43 Å². The smallest absolute Gasteiger partial charge is 0.287 e. The van der Waals surface area contributed by atoms with E-state index in [0.717, 1.165) is 34.9 Å². The van der Waals surface area contributed by atoms with Gasteiger partial charge in [0.2, 0.25) is 0 Å². The van der Waals surface area contributed by atoms with Crippen LogP contribution in [0.3, 0.4) is 0 Å². The molecule has 0 radical (unpaired) electrons. The number of aromatic amines is 1. The number of carbonyl (C=O) groups is 1. The first-order valence-corrected chi connectivity index (χ1v) is 8.21. The van der Waals surface area contributed by atoms with E-state index in [-0.39, 0.29) is 5.91 Å². The third-order valence-electron chi connectivity index (χ3n) is 4.58. The highest BCUT2D eigenvalue weighted by molar-refractivity contribution is 9.10. The predicted molar refractivity (Wildman–Crippen MR) is 82.7 cm³/mol. The first-order chi connectivity index (χ1) is 9.72. The number of H-pyrrole nitrogens is 1. The van der Waals surface area contributed by atoms with Crippen molar-refractivity contribution in [1.82, 2.24) is 10.4 Å². The van der Waals surface area contributed by atoms with E-state index in [1.54, 1.807) is 12.3 Å². The molecule has 3 rings (SSSR count). The Hall–Kier alpha value is -1.10. The maximum atomic E-state index is 11.9. The van der Waals surface area contributed by atoms with Gasteiger partial charge in [-0.05, 0) is 59.5 Å². The summed E-state index contributed by atoms with van der Waals surface area (Å²) < 4.78 is 0.873. The van der Waals surface area contributed by atoms with Gasteiger partial charge in [0.1, 0.15) is 5.69 Å². The fraction of sp³-hybridized carbons (Fsp3) is 0.600. The minimum atomic E-state index is -0.172. The lowest BCUT2D eigenvalue weighted by Gasteiger charge is -2.35. The van der Waals surface area contributed by atoms with Crippen molar-refractivity contribution in [3.8, 4) is 0 Å². The quantitative estimate of drug-likeness (QED) is 0.791. The molecule has 2 atom stereocenters. The highest BCUT2D eigenvalue weighted by atomic mass is 79.9. The lowest BCUT2D eigenvalue weighted by molar-refractivity contribution is 0.0949. The van der Waals surface area contributed by atoms with Crippen LogP contribution >= 0.6 is 15.9 Å². The molecule has 2 fully saturated rings. The number of hydrogen-bond acceptors (Lipinski definition) is 2. The van der Waals surface area contributed by atoms with Crippen molar-refractivity contribution in [2.75, 3.05) is 0 Å². The Morgan fingerprint density at radius 1 is 1.30 bits per heavy atom. The standard InChI is InChI=1S/C15H20BrN3O/c16-12-8-14(17-9-12)15(20)19-18-13-6-5-10-3-1-2-4-11(10)7-13/h8-11,17H,1-7H2,(H,19,20)/b18-13-/t10-,11+/m0/s1. The van der Waals surface area contributed by atoms with Crippen molar-refractivity contribution in [2.45, 2.75) is 44.9 Å². The Kier molecular flexibility index (Phi) is 4.24. The minimum Gasteiger partial charge on any atom is -0.356 e. The minimum absolute atomic E-state index is 0.172. The van der Waals surface area contributed by atoms with Crippen LogP contribution in [-0.4, -0.2) is 16.6 Å². The van der Waals surface area contributed by atoms with Gasteiger partial charge in [0.05, 0.1) is 0 Å². The number of nitrogens with zero attached hydrogens (tertiary/aromatic N) is 1. The second kappa shape index (κ2) is 6.12. The third kappa shape index (κ3) is 3.14. The molecule has 2 N–H and O–H groups in total. The third-order valence-corrected chi connectivity index (χ3v) is 5.03. The zero-order chi connectivity index (χ0) is 13.9. The van der Waals surface area contributed by atoms with Crippen molar-refractivity contribution < 1.29 is 4.79 Å². The topological polar surface area (TPSA) is 57.2 Å². The molecule has 0 bridgehead atoms. The number of halogens is 1. The number of fused-ring (bicyclic) bond motifs is 1. The fourth-order valence-electron chi connectivity index (χ4n) is 3.48. The first-order valence-electron chi connectivity index (χ1n) is 7.42. The summed E-state index contributed by atoms with van der Waals surface area (Å²) in [4.78, 5) is 14.8. The Labute approximate surface area is 127 Å². The van der Waals surface area contributed by atoms with Crippen LogP contribution in [0.1, 0.15) is 55.4 Å². The Bertz CT molecular complexity index is 523. The van der Waals surface area contributed by atoms with Crippen LogP contribution in [0.25, 0.3) is 0 Å². The molecule has 2 saturated carbocycles. The van der Waals surface area contributed by atoms with Crippen molar-refractivity contribution in [2.24, 2.45) is 16.9 Å². The second-order valence-electron chi connectivity index (χ2n) is 5.90. The molecule has 1 heterocycles. The predicted octanol–water partition coefficient (Wildman–Crippen LogP) is 3.85. The van der Waals surface area contributed by atoms with Gasteiger partial charge in [-0.3, -0.25) is 4.79 Å². The molecule has 0 spiro atoms. The number of hydrogen-bond donors (Lipinski definition) is 2. The molecule has 0 unspecified atom stereocenters. The number of carbonyl (C=O) groups excluding carboxylic acids is 1. The van der Waals surface area contributed by atoms with Gasteiger partial charge in [-0.1, -0.05) is 19.3 Å². The molecule has 4 nitrogen and oxygen atoms in total. The molecule has 108 valence electrons. The van der Waals surface area contributed by atoms with Crippen LogP contribution in [0.15, 0.2) is 21.8 Å². The van der Waals surface area contributed by atoms with E-state index in [0.29, 0.717) is 5.69 Å². The molecule has 0 saturated heterocycles. The second-order valence-corrected chi connectivity index (χ2v) is 6.81. The zero-order valence-electron chi connectivity index (χ0n) is 11.5. The molecule has 2 aliphatic rings. The van der Waals surface area contributed by atoms with Crippen molar-refractivity contribution in [3.63, 3.8) is 0 Å². The lowest BCUT2D eigenvalue weighted by atomic mass is 9.70. The normalized spacial score (nSPS) is 28.1. The molecule has 1 aromatic heterocycles. The van der Waals surface area contributed by atoms with E-state index in [1.165, 1.54) is 32.1 Å². The summed E-state index contributed by atoms with van der Waals surface area (Å²) in [5.41, 5.74) is 4.37. The van der Waals surface area contributed by atoms with Gasteiger partial charge in [0, 0.05) is 16.4 Å². The van der Waals surface area contributed by atoms with Crippen LogP contribution in [0.2, 0.25) is 0 Å². The van der Waals surface area contributed by atoms with E-state index in [2.05, 4.69) is 31.4 Å². The highest BCUT2D eigenvalue weighted by Crippen LogP contribution is 2.39. The molecule has 1 aromatic rings. The number of nitrogens with one attached hydrogen (secondary N) is 2. The number of aromatic nitrogens is 1. The van der Waals surface area contributed by atoms with E-state index in [4.69, 9.17) is 0 Å². The summed E-state index contributed by atoms with van der Waals surface area (Å²) in [6.07, 6.45) is 10.6. The summed E-state index contributed by atoms with van der Waals surface area (Å²) in [7, 11) is 0. The van der Waals surface area contributed by atoms with Crippen LogP contribution < -0.4 is 5.43 Å². The Balaban J connectivity index is 1.58. The van der Waals surface area contributed by atoms with Crippen molar-refractivity contribution in [3.05, 3.63) is 22.4 Å². The number of hydrazone groups is 1. The summed E-state index contributed by atoms with van der Waals surface area (Å²) in [5, 5.41) is 4.34. The van der Waals surface area contributed by atoms with Crippen molar-refractivity contribution >= 4 is 27.5 Å². The van der Waals surface area contributed by atoms with Gasteiger partial charge >= 0.3 is 0 Å². The molecule has 20 heavy (non-hydrogen) atoms. The van der Waals surface area contributed by atoms with E-state index < -0.39 is 0 Å². The van der Waals surface area contributed by atoms with Crippen LogP contribution in [0, 0.1) is 11.8 Å². The van der Waals surface area contributed by atoms with E-state index in [1.807, 2.05) is 0 Å². The average Bonchev–Trinajstić information content (AvgIpc) is 2.91. The summed E-state index contributed by atoms with van der Waals surface area (Å²) >= 11 is 3.32. The van der Waals surface area contributed by atoms with Gasteiger partial charge in [-0.2, -0.15) is 5.10 Å². The van der Waals surface area contributed by atoms with Gasteiger partial charge in [-0.15, -0.1) is 0 Å². The van der Waals surface area contributed by atoms with Gasteiger partial charge < -0.3 is 4.98 Å². The maximum absolute atomic E-state index is 11.9. The zero-order valence-corrected chi connectivity index (χ0v) is 13.1. The maximum Gasteiger partial charge on any atom is 0.287 e. The largest absolute Gasteiger partial charge is 0.356 e. The summed E-state index contributed by atoms with van der Waals surface area (Å²) in [5.74, 6) is 1.53. The molecule has 1 amide bonds. The molecule has 2 aliphatic carbocycles. The summed E-state index contributed by atoms with van der Waals surface area (Å²) in [6, 6.07) is 1.76. The van der Waals surface area contributed by atoms with E-state index in [9.17, 15) is 4.79 Å². The number of rotatable bonds is 2.